The maximum Gasteiger partial charge on any atom is 0.303 e. The largest absolute Gasteiger partial charge is 0.508 e. The van der Waals surface area contributed by atoms with E-state index in [1.54, 1.807) is 12.1 Å². The Morgan fingerprint density at radius 3 is 2.69 bits per heavy atom. The molecule has 0 aliphatic carbocycles. The van der Waals surface area contributed by atoms with Gasteiger partial charge in [0.15, 0.2) is 0 Å². The Morgan fingerprint density at radius 1 is 1.46 bits per heavy atom. The van der Waals surface area contributed by atoms with Crippen molar-refractivity contribution in [2.75, 3.05) is 0 Å². The number of aromatic hydroxyl groups is 1. The van der Waals surface area contributed by atoms with Gasteiger partial charge in [0.1, 0.15) is 5.75 Å². The molecule has 0 spiro atoms. The number of benzene rings is 1. The highest BCUT2D eigenvalue weighted by Gasteiger charge is 2.03. The van der Waals surface area contributed by atoms with Crippen LogP contribution in [0.5, 0.6) is 5.75 Å². The first-order valence-electron chi connectivity index (χ1n) is 4.10. The molecule has 0 atom stereocenters. The molecule has 3 nitrogen and oxygen atoms in total. The maximum atomic E-state index is 10.3. The SMILES string of the molecule is Cc1ccc(CCC(=O)O)c(O)c1. The first kappa shape index (κ1) is 9.58. The lowest BCUT2D eigenvalue weighted by molar-refractivity contribution is -0.136. The summed E-state index contributed by atoms with van der Waals surface area (Å²) in [7, 11) is 0. The van der Waals surface area contributed by atoms with Gasteiger partial charge in [-0.15, -0.1) is 0 Å². The minimum absolute atomic E-state index is 0.0522. The van der Waals surface area contributed by atoms with E-state index < -0.39 is 5.97 Å². The summed E-state index contributed by atoms with van der Waals surface area (Å²) >= 11 is 0. The van der Waals surface area contributed by atoms with Gasteiger partial charge in [0.2, 0.25) is 0 Å². The van der Waals surface area contributed by atoms with E-state index in [-0.39, 0.29) is 12.2 Å². The van der Waals surface area contributed by atoms with Gasteiger partial charge in [-0.1, -0.05) is 12.1 Å². The number of aliphatic carboxylic acids is 1. The third-order valence-corrected chi connectivity index (χ3v) is 1.85. The molecule has 0 saturated heterocycles. The van der Waals surface area contributed by atoms with E-state index in [1.165, 1.54) is 0 Å². The summed E-state index contributed by atoms with van der Waals surface area (Å²) in [6.07, 6.45) is 0.429. The number of carboxylic acid groups (broad SMARTS) is 1. The fourth-order valence-electron chi connectivity index (χ4n) is 1.13. The lowest BCUT2D eigenvalue weighted by Gasteiger charge is -2.03. The number of phenols is 1. The zero-order valence-corrected chi connectivity index (χ0v) is 7.45. The molecule has 0 unspecified atom stereocenters. The van der Waals surface area contributed by atoms with Crippen molar-refractivity contribution >= 4 is 5.97 Å². The van der Waals surface area contributed by atoms with Crippen molar-refractivity contribution in [3.63, 3.8) is 0 Å². The number of phenolic OH excluding ortho intramolecular Hbond substituents is 1. The van der Waals surface area contributed by atoms with Crippen LogP contribution in [0.2, 0.25) is 0 Å². The van der Waals surface area contributed by atoms with Crippen molar-refractivity contribution in [1.82, 2.24) is 0 Å². The highest BCUT2D eigenvalue weighted by atomic mass is 16.4. The molecule has 3 heteroatoms. The second-order valence-electron chi connectivity index (χ2n) is 3.03. The van der Waals surface area contributed by atoms with Gasteiger partial charge in [-0.2, -0.15) is 0 Å². The van der Waals surface area contributed by atoms with E-state index in [9.17, 15) is 9.90 Å². The number of rotatable bonds is 3. The summed E-state index contributed by atoms with van der Waals surface area (Å²) < 4.78 is 0. The molecule has 0 fully saturated rings. The van der Waals surface area contributed by atoms with Gasteiger partial charge in [0, 0.05) is 6.42 Å². The summed E-state index contributed by atoms with van der Waals surface area (Å²) in [6, 6.07) is 5.25. The molecule has 0 aliphatic rings. The van der Waals surface area contributed by atoms with Crippen LogP contribution < -0.4 is 0 Å². The summed E-state index contributed by atoms with van der Waals surface area (Å²) in [5, 5.41) is 17.8. The Labute approximate surface area is 76.6 Å². The van der Waals surface area contributed by atoms with Crippen molar-refractivity contribution in [2.24, 2.45) is 0 Å². The summed E-state index contributed by atoms with van der Waals surface area (Å²) in [5.74, 6) is -0.666. The molecule has 0 aliphatic heterocycles. The van der Waals surface area contributed by atoms with Crippen LogP contribution in [0.1, 0.15) is 17.5 Å². The quantitative estimate of drug-likeness (QED) is 0.744. The number of carbonyl (C=O) groups is 1. The van der Waals surface area contributed by atoms with Crippen LogP contribution >= 0.6 is 0 Å². The zero-order valence-electron chi connectivity index (χ0n) is 7.45. The molecule has 13 heavy (non-hydrogen) atoms. The number of carboxylic acids is 1. The molecule has 70 valence electrons. The number of aryl methyl sites for hydroxylation is 2. The predicted molar refractivity (Wildman–Crippen MR) is 48.8 cm³/mol. The van der Waals surface area contributed by atoms with E-state index in [2.05, 4.69) is 0 Å². The van der Waals surface area contributed by atoms with Crippen LogP contribution in [0.3, 0.4) is 0 Å². The summed E-state index contributed by atoms with van der Waals surface area (Å²) in [6.45, 7) is 1.88. The summed E-state index contributed by atoms with van der Waals surface area (Å²) in [5.41, 5.74) is 1.66. The van der Waals surface area contributed by atoms with Crippen molar-refractivity contribution < 1.29 is 15.0 Å². The van der Waals surface area contributed by atoms with Gasteiger partial charge in [0.05, 0.1) is 0 Å². The first-order valence-corrected chi connectivity index (χ1v) is 4.10. The Morgan fingerprint density at radius 2 is 2.15 bits per heavy atom. The molecule has 0 bridgehead atoms. The van der Waals surface area contributed by atoms with E-state index in [4.69, 9.17) is 5.11 Å². The molecule has 0 aromatic heterocycles. The first-order chi connectivity index (χ1) is 6.09. The van der Waals surface area contributed by atoms with Gasteiger partial charge in [-0.25, -0.2) is 0 Å². The van der Waals surface area contributed by atoms with E-state index in [0.29, 0.717) is 12.0 Å². The molecule has 2 N–H and O–H groups in total. The Bertz CT molecular complexity index is 318. The van der Waals surface area contributed by atoms with Crippen LogP contribution in [0.4, 0.5) is 0 Å². The lowest BCUT2D eigenvalue weighted by Crippen LogP contribution is -1.97. The van der Waals surface area contributed by atoms with Crippen molar-refractivity contribution in [3.8, 4) is 5.75 Å². The minimum Gasteiger partial charge on any atom is -0.508 e. The van der Waals surface area contributed by atoms with Crippen molar-refractivity contribution in [1.29, 1.82) is 0 Å². The van der Waals surface area contributed by atoms with Crippen LogP contribution in [0, 0.1) is 6.92 Å². The molecular formula is C10H12O3. The predicted octanol–water partition coefficient (Wildman–Crippen LogP) is 1.72. The van der Waals surface area contributed by atoms with Crippen LogP contribution in [0.25, 0.3) is 0 Å². The van der Waals surface area contributed by atoms with Crippen LogP contribution in [0.15, 0.2) is 18.2 Å². The molecule has 0 amide bonds. The average molecular weight is 180 g/mol. The molecule has 0 heterocycles. The highest BCUT2D eigenvalue weighted by molar-refractivity contribution is 5.67. The molecule has 1 aromatic carbocycles. The Balaban J connectivity index is 2.72. The minimum atomic E-state index is -0.847. The fourth-order valence-corrected chi connectivity index (χ4v) is 1.13. The van der Waals surface area contributed by atoms with Gasteiger partial charge < -0.3 is 10.2 Å². The smallest absolute Gasteiger partial charge is 0.303 e. The van der Waals surface area contributed by atoms with Crippen LogP contribution in [-0.2, 0) is 11.2 Å². The summed E-state index contributed by atoms with van der Waals surface area (Å²) in [4.78, 5) is 10.3. The lowest BCUT2D eigenvalue weighted by atomic mass is 10.1. The van der Waals surface area contributed by atoms with Gasteiger partial charge in [-0.05, 0) is 30.5 Å². The topological polar surface area (TPSA) is 57.5 Å². The molecule has 0 saturated carbocycles. The number of hydrogen-bond acceptors (Lipinski definition) is 2. The fraction of sp³-hybridized carbons (Fsp3) is 0.300. The second kappa shape index (κ2) is 3.94. The zero-order chi connectivity index (χ0) is 9.84. The van der Waals surface area contributed by atoms with Crippen molar-refractivity contribution in [2.45, 2.75) is 19.8 Å². The van der Waals surface area contributed by atoms with E-state index in [0.717, 1.165) is 5.56 Å². The van der Waals surface area contributed by atoms with E-state index in [1.807, 2.05) is 13.0 Å². The number of hydrogen-bond donors (Lipinski definition) is 2. The third kappa shape index (κ3) is 2.78. The third-order valence-electron chi connectivity index (χ3n) is 1.85. The normalized spacial score (nSPS) is 9.92. The Kier molecular flexibility index (Phi) is 2.90. The van der Waals surface area contributed by atoms with Crippen LogP contribution in [-0.4, -0.2) is 16.2 Å². The average Bonchev–Trinajstić information content (AvgIpc) is 2.02. The van der Waals surface area contributed by atoms with Gasteiger partial charge in [-0.3, -0.25) is 4.79 Å². The molecule has 0 radical (unpaired) electrons. The molecule has 1 rings (SSSR count). The standard InChI is InChI=1S/C10H12O3/c1-7-2-3-8(9(11)6-7)4-5-10(12)13/h2-3,6,11H,4-5H2,1H3,(H,12,13). The van der Waals surface area contributed by atoms with Gasteiger partial charge in [0.25, 0.3) is 0 Å². The van der Waals surface area contributed by atoms with E-state index >= 15 is 0 Å². The Hall–Kier alpha value is -1.51. The monoisotopic (exact) mass is 180 g/mol. The maximum absolute atomic E-state index is 10.3. The van der Waals surface area contributed by atoms with Gasteiger partial charge >= 0.3 is 5.97 Å². The second-order valence-corrected chi connectivity index (χ2v) is 3.03. The molecule has 1 aromatic rings. The van der Waals surface area contributed by atoms with Crippen molar-refractivity contribution in [3.05, 3.63) is 29.3 Å². The molecular weight excluding hydrogens is 168 g/mol. The highest BCUT2D eigenvalue weighted by Crippen LogP contribution is 2.19.